The van der Waals surface area contributed by atoms with Gasteiger partial charge in [-0.3, -0.25) is 0 Å². The van der Waals surface area contributed by atoms with Crippen LogP contribution in [0.4, 0.5) is 0 Å². The monoisotopic (exact) mass is 1780 g/mol. The summed E-state index contributed by atoms with van der Waals surface area (Å²) in [7, 11) is 3.00. The molecule has 26 aromatic carbocycles. The van der Waals surface area contributed by atoms with Crippen LogP contribution in [-0.2, 0) is 0 Å². The molecule has 2 atom stereocenters. The second kappa shape index (κ2) is 45.0. The summed E-state index contributed by atoms with van der Waals surface area (Å²) < 4.78 is 0. The van der Waals surface area contributed by atoms with Crippen molar-refractivity contribution in [1.82, 2.24) is 0 Å². The molecule has 6 heteroatoms. The minimum Gasteiger partial charge on any atom is -0.400 e. The van der Waals surface area contributed by atoms with Crippen LogP contribution in [0.5, 0.6) is 0 Å². The van der Waals surface area contributed by atoms with Crippen molar-refractivity contribution in [2.45, 2.75) is 64.8 Å². The van der Waals surface area contributed by atoms with Crippen LogP contribution in [-0.4, -0.2) is 52.0 Å². The molecule has 26 aromatic rings. The fourth-order valence-corrected chi connectivity index (χ4v) is 18.6. The van der Waals surface area contributed by atoms with Crippen molar-refractivity contribution in [2.75, 3.05) is 21.3 Å². The molecule has 0 spiro atoms. The fraction of sp³-hybridized carbons (Fsp3) is 0.0992. The number of benzene rings is 26. The SMILES string of the molecule is CC(C)c1ccc2ccccc2c1.CC(O)c1ccc2ccccc2c1.CC(O)c1ccc2ccccc2c1.CC(c1ccc2ccccc2c1)c1ccc2ccccc2c1.CO.CO.CO.OC(c1ccc2ccccc2c1)c1ccc2ccccc2c1.c1cc2ccc3cccc4ccc(c1)c2c34.c1cc2ccc3cccc4ccc(c1)c2c34.c1cc2ccc3cccc4ccc(c1)c2c34. The predicted molar refractivity (Wildman–Crippen MR) is 589 cm³/mol. The van der Waals surface area contributed by atoms with Crippen molar-refractivity contribution in [1.29, 1.82) is 0 Å². The smallest absolute Gasteiger partial charge is 0.104 e. The highest BCUT2D eigenvalue weighted by molar-refractivity contribution is 6.25. The van der Waals surface area contributed by atoms with Crippen molar-refractivity contribution in [3.05, 3.63) is 518 Å². The summed E-state index contributed by atoms with van der Waals surface area (Å²) in [5.41, 5.74) is 7.95. The lowest BCUT2D eigenvalue weighted by Gasteiger charge is -2.14. The summed E-state index contributed by atoms with van der Waals surface area (Å²) in [5.74, 6) is 1.01. The van der Waals surface area contributed by atoms with Crippen LogP contribution < -0.4 is 0 Å². The molecule has 0 heterocycles. The Bertz CT molecular complexity index is 7250. The maximum absolute atomic E-state index is 10.7. The summed E-state index contributed by atoms with van der Waals surface area (Å²) in [6.45, 7) is 10.3. The van der Waals surface area contributed by atoms with Crippen LogP contribution in [0.15, 0.2) is 479 Å². The van der Waals surface area contributed by atoms with Gasteiger partial charge in [0.25, 0.3) is 0 Å². The Kier molecular flexibility index (Phi) is 31.1. The lowest BCUT2D eigenvalue weighted by Crippen LogP contribution is -1.99. The molecule has 0 saturated carbocycles. The first kappa shape index (κ1) is 94.6. The van der Waals surface area contributed by atoms with Gasteiger partial charge in [0, 0.05) is 27.2 Å². The average molecular weight is 1780 g/mol. The summed E-state index contributed by atoms with van der Waals surface area (Å²) >= 11 is 0. The lowest BCUT2D eigenvalue weighted by atomic mass is 9.90. The Hall–Kier alpha value is -15.6. The van der Waals surface area contributed by atoms with Gasteiger partial charge in [-0.15, -0.1) is 0 Å². The molecule has 0 bridgehead atoms. The maximum atomic E-state index is 10.7. The van der Waals surface area contributed by atoms with Crippen LogP contribution in [0.2, 0.25) is 0 Å². The molecule has 6 nitrogen and oxygen atoms in total. The summed E-state index contributed by atoms with van der Waals surface area (Å²) in [4.78, 5) is 0. The molecular formula is C131H114O6. The number of hydrogen-bond acceptors (Lipinski definition) is 6. The number of fused-ring (bicyclic) bond motifs is 7. The van der Waals surface area contributed by atoms with E-state index in [1.165, 1.54) is 178 Å². The third kappa shape index (κ3) is 21.8. The zero-order chi connectivity index (χ0) is 95.3. The number of hydrogen-bond donors (Lipinski definition) is 6. The van der Waals surface area contributed by atoms with Crippen molar-refractivity contribution in [3.63, 3.8) is 0 Å². The van der Waals surface area contributed by atoms with E-state index in [1.54, 1.807) is 13.8 Å². The molecule has 0 aliphatic heterocycles. The van der Waals surface area contributed by atoms with Crippen LogP contribution in [0.3, 0.4) is 0 Å². The molecule has 0 amide bonds. The zero-order valence-corrected chi connectivity index (χ0v) is 78.7. The maximum Gasteiger partial charge on any atom is 0.104 e. The number of rotatable bonds is 7. The standard InChI is InChI=1S/C22H18.C21H16O.3C16H10.C13H14.2C12H12O.3CH4O/c1-16(19-12-10-17-6-2-4-8-21(17)14-19)20-13-11-18-7-3-5-9-22(18)15-20;22-21(19-11-9-15-5-1-3-7-17(15)13-19)20-12-10-16-6-2-4-8-18(16)14-20;3*1-3-11-7-9-13-5-2-6-14-10-8-12(4-1)15(11)16(13)14;1-10(2)12-8-7-11-5-3-4-6-13(11)9-12;2*1-9(13)11-7-6-10-4-2-3-5-12(10)8-11;3*1-2/h2-16H,1H3;1-14,21-22H;3*1-10H;3-10H,1-2H3;2*2-9,13H,1H3;3*2H,1H3. The van der Waals surface area contributed by atoms with Gasteiger partial charge in [-0.1, -0.05) is 476 Å². The van der Waals surface area contributed by atoms with Crippen LogP contribution in [0.1, 0.15) is 104 Å². The van der Waals surface area contributed by atoms with Gasteiger partial charge in [0.1, 0.15) is 6.10 Å². The van der Waals surface area contributed by atoms with E-state index >= 15 is 0 Å². The highest BCUT2D eigenvalue weighted by atomic mass is 16.3. The summed E-state index contributed by atoms with van der Waals surface area (Å²) in [6, 6.07) is 168. The molecule has 6 N–H and O–H groups in total. The summed E-state index contributed by atoms with van der Waals surface area (Å²) in [6.07, 6.45) is -1.37. The second-order valence-corrected chi connectivity index (χ2v) is 34.7. The highest BCUT2D eigenvalue weighted by Gasteiger charge is 2.16. The lowest BCUT2D eigenvalue weighted by molar-refractivity contribution is 0.199. The van der Waals surface area contributed by atoms with Gasteiger partial charge in [-0.25, -0.2) is 0 Å². The van der Waals surface area contributed by atoms with Crippen LogP contribution >= 0.6 is 0 Å². The first-order valence-electron chi connectivity index (χ1n) is 46.9. The van der Waals surface area contributed by atoms with Crippen molar-refractivity contribution < 1.29 is 30.6 Å². The number of aliphatic hydroxyl groups excluding tert-OH is 6. The fourth-order valence-electron chi connectivity index (χ4n) is 18.6. The van der Waals surface area contributed by atoms with Crippen LogP contribution in [0.25, 0.3) is 172 Å². The molecule has 137 heavy (non-hydrogen) atoms. The Balaban J connectivity index is 0.000000113. The van der Waals surface area contributed by atoms with E-state index in [2.05, 4.69) is 403 Å². The minimum absolute atomic E-state index is 0.385. The Labute approximate surface area is 801 Å². The molecule has 0 fully saturated rings. The molecule has 0 saturated heterocycles. The topological polar surface area (TPSA) is 121 Å². The first-order valence-corrected chi connectivity index (χ1v) is 46.9. The van der Waals surface area contributed by atoms with E-state index in [4.69, 9.17) is 15.3 Å². The van der Waals surface area contributed by atoms with Gasteiger partial charge in [0.15, 0.2) is 0 Å². The molecule has 0 aliphatic carbocycles. The molecule has 0 radical (unpaired) electrons. The quantitative estimate of drug-likeness (QED) is 0.0885. The van der Waals surface area contributed by atoms with Gasteiger partial charge < -0.3 is 30.6 Å². The van der Waals surface area contributed by atoms with Crippen LogP contribution in [0, 0.1) is 0 Å². The Morgan fingerprint density at radius 1 is 0.131 bits per heavy atom. The third-order valence-electron chi connectivity index (χ3n) is 25.9. The third-order valence-corrected chi connectivity index (χ3v) is 25.9. The summed E-state index contributed by atoms with van der Waals surface area (Å²) in [5, 5.41) is 92.3. The van der Waals surface area contributed by atoms with Gasteiger partial charge in [0.05, 0.1) is 12.2 Å². The Morgan fingerprint density at radius 3 is 0.445 bits per heavy atom. The van der Waals surface area contributed by atoms with E-state index in [-0.39, 0.29) is 12.2 Å². The van der Waals surface area contributed by atoms with Gasteiger partial charge in [-0.2, -0.15) is 0 Å². The molecular weight excluding hydrogens is 1670 g/mol. The van der Waals surface area contributed by atoms with Crippen molar-refractivity contribution >= 4 is 172 Å². The molecule has 0 aliphatic rings. The highest BCUT2D eigenvalue weighted by Crippen LogP contribution is 2.39. The van der Waals surface area contributed by atoms with E-state index in [0.717, 1.165) is 54.4 Å². The molecule has 0 aromatic heterocycles. The van der Waals surface area contributed by atoms with E-state index in [1.807, 2.05) is 97.1 Å². The largest absolute Gasteiger partial charge is 0.400 e. The van der Waals surface area contributed by atoms with E-state index < -0.39 is 6.10 Å². The molecule has 2 unspecified atom stereocenters. The normalized spacial score (nSPS) is 11.4. The Morgan fingerprint density at radius 2 is 0.263 bits per heavy atom. The minimum atomic E-state index is -0.603. The van der Waals surface area contributed by atoms with Crippen molar-refractivity contribution in [2.24, 2.45) is 0 Å². The van der Waals surface area contributed by atoms with Crippen molar-refractivity contribution in [3.8, 4) is 0 Å². The number of aliphatic hydroxyl groups is 6. The first-order chi connectivity index (χ1) is 67.2. The average Bonchev–Trinajstić information content (AvgIpc) is 0.754. The van der Waals surface area contributed by atoms with Gasteiger partial charge >= 0.3 is 0 Å². The zero-order valence-electron chi connectivity index (χ0n) is 78.7. The van der Waals surface area contributed by atoms with E-state index in [0.29, 0.717) is 11.8 Å². The van der Waals surface area contributed by atoms with Gasteiger partial charge in [0.2, 0.25) is 0 Å². The molecule has 674 valence electrons. The van der Waals surface area contributed by atoms with Gasteiger partial charge in [-0.05, 0) is 255 Å². The second-order valence-electron chi connectivity index (χ2n) is 34.7. The van der Waals surface area contributed by atoms with E-state index in [9.17, 15) is 15.3 Å². The molecule has 26 rings (SSSR count). The predicted octanol–water partition coefficient (Wildman–Crippen LogP) is 33.5.